The van der Waals surface area contributed by atoms with Crippen LogP contribution in [0.15, 0.2) is 35.4 Å². The van der Waals surface area contributed by atoms with Gasteiger partial charge in [0, 0.05) is 18.3 Å². The lowest BCUT2D eigenvalue weighted by atomic mass is 10.3. The topological polar surface area (TPSA) is 107 Å². The van der Waals surface area contributed by atoms with Crippen molar-refractivity contribution in [3.8, 4) is 0 Å². The Morgan fingerprint density at radius 3 is 2.64 bits per heavy atom. The molecule has 0 bridgehead atoms. The van der Waals surface area contributed by atoms with Crippen molar-refractivity contribution < 1.29 is 22.9 Å². The van der Waals surface area contributed by atoms with E-state index in [1.54, 1.807) is 0 Å². The minimum atomic E-state index is -4.64. The van der Waals surface area contributed by atoms with Gasteiger partial charge >= 0.3 is 6.18 Å². The fourth-order valence-corrected chi connectivity index (χ4v) is 1.98. The number of carbonyl (C=O) groups excluding carboxylic acids is 1. The highest BCUT2D eigenvalue weighted by molar-refractivity contribution is 6.33. The van der Waals surface area contributed by atoms with Gasteiger partial charge in [-0.15, -0.1) is 0 Å². The molecule has 0 saturated heterocycles. The average Bonchev–Trinajstić information content (AvgIpc) is 2.50. The van der Waals surface area contributed by atoms with E-state index < -0.39 is 45.4 Å². The quantitative estimate of drug-likeness (QED) is 0.651. The summed E-state index contributed by atoms with van der Waals surface area (Å²) in [4.78, 5) is 36.8. The monoisotopic (exact) mass is 376 g/mol. The maximum Gasteiger partial charge on any atom is 0.417 e. The molecule has 1 N–H and O–H groups in total. The van der Waals surface area contributed by atoms with Crippen LogP contribution in [0.5, 0.6) is 0 Å². The number of pyridine rings is 2. The molecule has 0 aromatic carbocycles. The largest absolute Gasteiger partial charge is 0.417 e. The maximum atomic E-state index is 12.5. The average molecular weight is 377 g/mol. The molecule has 1 amide bonds. The van der Waals surface area contributed by atoms with Gasteiger partial charge < -0.3 is 5.32 Å². The van der Waals surface area contributed by atoms with Crippen LogP contribution in [0.1, 0.15) is 5.56 Å². The van der Waals surface area contributed by atoms with Gasteiger partial charge in [0.1, 0.15) is 6.54 Å². The number of hydrogen-bond acceptors (Lipinski definition) is 5. The third-order valence-electron chi connectivity index (χ3n) is 2.92. The van der Waals surface area contributed by atoms with Gasteiger partial charge in [-0.2, -0.15) is 13.2 Å². The molecule has 0 radical (unpaired) electrons. The van der Waals surface area contributed by atoms with Gasteiger partial charge in [-0.25, -0.2) is 4.98 Å². The lowest BCUT2D eigenvalue weighted by Crippen LogP contribution is -2.27. The molecule has 2 heterocycles. The third-order valence-corrected chi connectivity index (χ3v) is 3.21. The lowest BCUT2D eigenvalue weighted by molar-refractivity contribution is -0.385. The van der Waals surface area contributed by atoms with Crippen LogP contribution in [0.25, 0.3) is 0 Å². The standard InChI is InChI=1S/C13H8ClF3N4O4/c14-9-3-7(13(15,16)17)4-18-12(9)19-10(22)6-20-5-8(21(24)25)1-2-11(20)23/h1-5H,6H2,(H,18,19,22). The first-order valence-corrected chi connectivity index (χ1v) is 6.83. The number of aromatic nitrogens is 2. The highest BCUT2D eigenvalue weighted by Gasteiger charge is 2.31. The van der Waals surface area contributed by atoms with Crippen LogP contribution in [-0.4, -0.2) is 20.4 Å². The van der Waals surface area contributed by atoms with E-state index in [-0.39, 0.29) is 5.82 Å². The fraction of sp³-hybridized carbons (Fsp3) is 0.154. The number of nitrogens with zero attached hydrogens (tertiary/aromatic N) is 3. The molecule has 0 atom stereocenters. The van der Waals surface area contributed by atoms with Gasteiger partial charge in [-0.05, 0) is 6.07 Å². The molecule has 0 aliphatic rings. The number of nitro groups is 1. The van der Waals surface area contributed by atoms with Crippen molar-refractivity contribution in [3.63, 3.8) is 0 Å². The molecule has 2 aromatic heterocycles. The van der Waals surface area contributed by atoms with Crippen molar-refractivity contribution in [2.45, 2.75) is 12.7 Å². The van der Waals surface area contributed by atoms with E-state index in [4.69, 9.17) is 11.6 Å². The predicted molar refractivity (Wildman–Crippen MR) is 80.2 cm³/mol. The Labute approximate surface area is 142 Å². The van der Waals surface area contributed by atoms with Crippen LogP contribution in [0.4, 0.5) is 24.7 Å². The number of nitrogens with one attached hydrogen (secondary N) is 1. The summed E-state index contributed by atoms with van der Waals surface area (Å²) < 4.78 is 38.3. The summed E-state index contributed by atoms with van der Waals surface area (Å²) in [7, 11) is 0. The third kappa shape index (κ3) is 4.53. The minimum absolute atomic E-state index is 0.335. The number of halogens is 4. The Morgan fingerprint density at radius 1 is 1.40 bits per heavy atom. The molecule has 0 unspecified atom stereocenters. The van der Waals surface area contributed by atoms with E-state index in [1.807, 2.05) is 0 Å². The zero-order valence-corrected chi connectivity index (χ0v) is 12.8. The first-order chi connectivity index (χ1) is 11.6. The molecule has 8 nitrogen and oxygen atoms in total. The van der Waals surface area contributed by atoms with Crippen LogP contribution in [-0.2, 0) is 17.5 Å². The molecule has 2 aromatic rings. The first kappa shape index (κ1) is 18.4. The Morgan fingerprint density at radius 2 is 2.08 bits per heavy atom. The molecular weight excluding hydrogens is 369 g/mol. The van der Waals surface area contributed by atoms with Gasteiger partial charge in [-0.1, -0.05) is 11.6 Å². The number of amides is 1. The van der Waals surface area contributed by atoms with E-state index in [1.165, 1.54) is 0 Å². The minimum Gasteiger partial charge on any atom is -0.308 e. The zero-order valence-electron chi connectivity index (χ0n) is 12.1. The van der Waals surface area contributed by atoms with Crippen molar-refractivity contribution in [1.82, 2.24) is 9.55 Å². The second-order valence-electron chi connectivity index (χ2n) is 4.71. The number of hydrogen-bond donors (Lipinski definition) is 1. The Bertz CT molecular complexity index is 898. The molecule has 0 saturated carbocycles. The Hall–Kier alpha value is -2.95. The van der Waals surface area contributed by atoms with Gasteiger partial charge in [0.05, 0.1) is 21.7 Å². The van der Waals surface area contributed by atoms with Crippen LogP contribution >= 0.6 is 11.6 Å². The lowest BCUT2D eigenvalue weighted by Gasteiger charge is -2.10. The number of carbonyl (C=O) groups is 1. The smallest absolute Gasteiger partial charge is 0.308 e. The predicted octanol–water partition coefficient (Wildman–Crippen LogP) is 2.46. The summed E-state index contributed by atoms with van der Waals surface area (Å²) >= 11 is 5.65. The Kier molecular flexibility index (Phi) is 5.07. The highest BCUT2D eigenvalue weighted by Crippen LogP contribution is 2.32. The molecule has 0 aliphatic heterocycles. The molecule has 0 aliphatic carbocycles. The van der Waals surface area contributed by atoms with Gasteiger partial charge in [0.25, 0.3) is 11.2 Å². The zero-order chi connectivity index (χ0) is 18.8. The molecule has 25 heavy (non-hydrogen) atoms. The van der Waals surface area contributed by atoms with E-state index in [0.717, 1.165) is 22.9 Å². The van der Waals surface area contributed by atoms with Crippen molar-refractivity contribution in [3.05, 3.63) is 61.6 Å². The second-order valence-corrected chi connectivity index (χ2v) is 5.12. The van der Waals surface area contributed by atoms with Crippen molar-refractivity contribution >= 4 is 29.0 Å². The van der Waals surface area contributed by atoms with E-state index in [2.05, 4.69) is 10.3 Å². The van der Waals surface area contributed by atoms with Gasteiger partial charge in [0.15, 0.2) is 5.82 Å². The van der Waals surface area contributed by atoms with E-state index in [0.29, 0.717) is 12.3 Å². The maximum absolute atomic E-state index is 12.5. The summed E-state index contributed by atoms with van der Waals surface area (Å²) in [5.41, 5.74) is -2.17. The molecule has 0 fully saturated rings. The Balaban J connectivity index is 2.17. The fourth-order valence-electron chi connectivity index (χ4n) is 1.76. The van der Waals surface area contributed by atoms with Crippen molar-refractivity contribution in [2.24, 2.45) is 0 Å². The van der Waals surface area contributed by atoms with E-state index >= 15 is 0 Å². The van der Waals surface area contributed by atoms with Crippen LogP contribution in [0.2, 0.25) is 5.02 Å². The summed E-state index contributed by atoms with van der Waals surface area (Å²) in [5, 5.41) is 12.4. The molecular formula is C13H8ClF3N4O4. The SMILES string of the molecule is O=C(Cn1cc([N+](=O)[O-])ccc1=O)Nc1ncc(C(F)(F)F)cc1Cl. The normalized spacial score (nSPS) is 11.2. The number of anilines is 1. The summed E-state index contributed by atoms with van der Waals surface area (Å²) in [6, 6.07) is 2.48. The highest BCUT2D eigenvalue weighted by atomic mass is 35.5. The second kappa shape index (κ2) is 6.89. The van der Waals surface area contributed by atoms with Crippen molar-refractivity contribution in [1.29, 1.82) is 0 Å². The number of alkyl halides is 3. The summed E-state index contributed by atoms with van der Waals surface area (Å²) in [6.45, 7) is -0.612. The summed E-state index contributed by atoms with van der Waals surface area (Å²) in [6.07, 6.45) is -3.29. The summed E-state index contributed by atoms with van der Waals surface area (Å²) in [5.74, 6) is -1.19. The van der Waals surface area contributed by atoms with Gasteiger partial charge in [0.2, 0.25) is 5.91 Å². The van der Waals surface area contributed by atoms with E-state index in [9.17, 15) is 32.9 Å². The molecule has 12 heteroatoms. The molecule has 2 rings (SSSR count). The van der Waals surface area contributed by atoms with Crippen LogP contribution < -0.4 is 10.9 Å². The molecule has 132 valence electrons. The van der Waals surface area contributed by atoms with Crippen molar-refractivity contribution in [2.75, 3.05) is 5.32 Å². The number of rotatable bonds is 4. The first-order valence-electron chi connectivity index (χ1n) is 6.45. The molecule has 0 spiro atoms. The van der Waals surface area contributed by atoms with Gasteiger partial charge in [-0.3, -0.25) is 24.3 Å². The van der Waals surface area contributed by atoms with Crippen LogP contribution in [0.3, 0.4) is 0 Å². The van der Waals surface area contributed by atoms with Crippen LogP contribution in [0, 0.1) is 10.1 Å².